The van der Waals surface area contributed by atoms with Crippen molar-refractivity contribution in [2.24, 2.45) is 0 Å². The third-order valence-corrected chi connectivity index (χ3v) is 5.38. The van der Waals surface area contributed by atoms with E-state index in [1.807, 2.05) is 32.0 Å². The van der Waals surface area contributed by atoms with Crippen molar-refractivity contribution >= 4 is 29.0 Å². The molecular formula is C21H24ClN7O. The maximum Gasteiger partial charge on any atom is 0.238 e. The maximum atomic E-state index is 12.4. The molecule has 156 valence electrons. The van der Waals surface area contributed by atoms with Gasteiger partial charge in [0.05, 0.1) is 35.3 Å². The minimum absolute atomic E-state index is 0.0668. The Hall–Kier alpha value is -2.97. The van der Waals surface area contributed by atoms with E-state index in [1.165, 1.54) is 0 Å². The van der Waals surface area contributed by atoms with Crippen LogP contribution in [-0.2, 0) is 4.79 Å². The van der Waals surface area contributed by atoms with Gasteiger partial charge in [0, 0.05) is 31.9 Å². The lowest BCUT2D eigenvalue weighted by Crippen LogP contribution is -2.49. The molecule has 1 fully saturated rings. The second kappa shape index (κ2) is 8.81. The van der Waals surface area contributed by atoms with Crippen molar-refractivity contribution in [3.8, 4) is 5.82 Å². The van der Waals surface area contributed by atoms with Crippen LogP contribution in [0.4, 0.5) is 11.5 Å². The number of para-hydroxylation sites is 1. The molecule has 9 heteroatoms. The molecule has 2 aromatic heterocycles. The van der Waals surface area contributed by atoms with Gasteiger partial charge in [0.25, 0.3) is 0 Å². The molecule has 0 unspecified atom stereocenters. The van der Waals surface area contributed by atoms with E-state index < -0.39 is 0 Å². The van der Waals surface area contributed by atoms with E-state index in [-0.39, 0.29) is 5.91 Å². The zero-order chi connectivity index (χ0) is 21.1. The number of anilines is 2. The van der Waals surface area contributed by atoms with Crippen LogP contribution in [0.25, 0.3) is 5.82 Å². The number of rotatable bonds is 5. The van der Waals surface area contributed by atoms with Crippen LogP contribution in [-0.4, -0.2) is 63.3 Å². The molecule has 0 radical (unpaired) electrons. The fourth-order valence-electron chi connectivity index (χ4n) is 3.55. The number of halogens is 1. The Morgan fingerprint density at radius 3 is 2.53 bits per heavy atom. The molecule has 1 aliphatic rings. The fourth-order valence-corrected chi connectivity index (χ4v) is 3.73. The van der Waals surface area contributed by atoms with Crippen LogP contribution in [0.2, 0.25) is 5.02 Å². The Balaban J connectivity index is 1.34. The number of hydrogen-bond donors (Lipinski definition) is 1. The average molecular weight is 426 g/mol. The first-order chi connectivity index (χ1) is 14.5. The number of aromatic nitrogens is 4. The third-order valence-electron chi connectivity index (χ3n) is 5.05. The largest absolute Gasteiger partial charge is 0.353 e. The number of piperazine rings is 1. The molecule has 0 bridgehead atoms. The highest BCUT2D eigenvalue weighted by Gasteiger charge is 2.21. The number of carbonyl (C=O) groups is 1. The van der Waals surface area contributed by atoms with E-state index in [4.69, 9.17) is 16.6 Å². The number of hydrogen-bond acceptors (Lipinski definition) is 6. The molecule has 8 nitrogen and oxygen atoms in total. The normalized spacial score (nSPS) is 14.7. The zero-order valence-electron chi connectivity index (χ0n) is 17.0. The van der Waals surface area contributed by atoms with Crippen molar-refractivity contribution < 1.29 is 4.79 Å². The Bertz CT molecular complexity index is 1040. The highest BCUT2D eigenvalue weighted by molar-refractivity contribution is 6.33. The quantitative estimate of drug-likeness (QED) is 0.677. The van der Waals surface area contributed by atoms with Gasteiger partial charge in [0.15, 0.2) is 5.82 Å². The lowest BCUT2D eigenvalue weighted by atomic mass is 10.3. The highest BCUT2D eigenvalue weighted by Crippen LogP contribution is 2.20. The summed E-state index contributed by atoms with van der Waals surface area (Å²) in [5.74, 6) is 1.46. The van der Waals surface area contributed by atoms with Crippen LogP contribution in [0.15, 0.2) is 42.7 Å². The molecule has 1 aliphatic heterocycles. The molecule has 3 aromatic rings. The van der Waals surface area contributed by atoms with E-state index in [2.05, 4.69) is 25.2 Å². The Morgan fingerprint density at radius 2 is 1.83 bits per heavy atom. The van der Waals surface area contributed by atoms with Gasteiger partial charge < -0.3 is 10.2 Å². The Morgan fingerprint density at radius 1 is 1.10 bits per heavy atom. The van der Waals surface area contributed by atoms with E-state index >= 15 is 0 Å². The molecule has 30 heavy (non-hydrogen) atoms. The minimum atomic E-state index is -0.0668. The number of nitrogens with zero attached hydrogens (tertiary/aromatic N) is 6. The summed E-state index contributed by atoms with van der Waals surface area (Å²) in [5, 5.41) is 7.90. The van der Waals surface area contributed by atoms with Crippen molar-refractivity contribution in [2.45, 2.75) is 13.8 Å². The van der Waals surface area contributed by atoms with Crippen LogP contribution in [0.1, 0.15) is 11.4 Å². The van der Waals surface area contributed by atoms with Crippen molar-refractivity contribution in [3.63, 3.8) is 0 Å². The zero-order valence-corrected chi connectivity index (χ0v) is 17.8. The van der Waals surface area contributed by atoms with Gasteiger partial charge in [-0.2, -0.15) is 5.10 Å². The molecule has 0 aliphatic carbocycles. The summed E-state index contributed by atoms with van der Waals surface area (Å²) in [7, 11) is 0. The van der Waals surface area contributed by atoms with Gasteiger partial charge in [-0.1, -0.05) is 23.7 Å². The van der Waals surface area contributed by atoms with Gasteiger partial charge >= 0.3 is 0 Å². The van der Waals surface area contributed by atoms with Crippen LogP contribution in [0.3, 0.4) is 0 Å². The molecule has 3 heterocycles. The first kappa shape index (κ1) is 20.3. The van der Waals surface area contributed by atoms with Gasteiger partial charge in [-0.15, -0.1) is 0 Å². The second-order valence-electron chi connectivity index (χ2n) is 7.37. The maximum absolute atomic E-state index is 12.4. The predicted molar refractivity (Wildman–Crippen MR) is 117 cm³/mol. The van der Waals surface area contributed by atoms with Crippen molar-refractivity contribution in [1.29, 1.82) is 0 Å². The standard InChI is InChI=1S/C21H24ClN7O/c1-15-11-16(2)29(26-15)20-13-23-12-19(25-20)28-9-7-27(8-10-28)14-21(30)24-18-6-4-3-5-17(18)22/h3-6,11-13H,7-10,14H2,1-2H3,(H,24,30). The summed E-state index contributed by atoms with van der Waals surface area (Å²) >= 11 is 6.11. The number of amides is 1. The van der Waals surface area contributed by atoms with E-state index in [0.717, 1.165) is 43.4 Å². The predicted octanol–water partition coefficient (Wildman–Crippen LogP) is 2.69. The molecule has 1 aromatic carbocycles. The van der Waals surface area contributed by atoms with E-state index in [1.54, 1.807) is 29.2 Å². The summed E-state index contributed by atoms with van der Waals surface area (Å²) in [6.07, 6.45) is 3.49. The van der Waals surface area contributed by atoms with E-state index in [9.17, 15) is 4.79 Å². The second-order valence-corrected chi connectivity index (χ2v) is 7.77. The summed E-state index contributed by atoms with van der Waals surface area (Å²) < 4.78 is 1.81. The first-order valence-electron chi connectivity index (χ1n) is 9.87. The van der Waals surface area contributed by atoms with Crippen molar-refractivity contribution in [3.05, 3.63) is 59.1 Å². The van der Waals surface area contributed by atoms with Crippen LogP contribution in [0, 0.1) is 13.8 Å². The lowest BCUT2D eigenvalue weighted by molar-refractivity contribution is -0.117. The lowest BCUT2D eigenvalue weighted by Gasteiger charge is -2.34. The Kier molecular flexibility index (Phi) is 5.96. The van der Waals surface area contributed by atoms with Gasteiger partial charge in [0.1, 0.15) is 5.82 Å². The molecule has 1 N–H and O–H groups in total. The van der Waals surface area contributed by atoms with Gasteiger partial charge in [-0.05, 0) is 32.0 Å². The topological polar surface area (TPSA) is 79.2 Å². The van der Waals surface area contributed by atoms with Crippen LogP contribution >= 0.6 is 11.6 Å². The number of benzene rings is 1. The SMILES string of the molecule is Cc1cc(C)n(-c2cncc(N3CCN(CC(=O)Nc4ccccc4Cl)CC3)n2)n1. The first-order valence-corrected chi connectivity index (χ1v) is 10.2. The summed E-state index contributed by atoms with van der Waals surface area (Å²) in [6, 6.07) is 9.26. The summed E-state index contributed by atoms with van der Waals surface area (Å²) in [5.41, 5.74) is 2.61. The number of carbonyl (C=O) groups excluding carboxylic acids is 1. The van der Waals surface area contributed by atoms with Gasteiger partial charge in [0.2, 0.25) is 5.91 Å². The smallest absolute Gasteiger partial charge is 0.238 e. The molecule has 0 saturated carbocycles. The Labute approximate surface area is 180 Å². The molecular weight excluding hydrogens is 402 g/mol. The average Bonchev–Trinajstić information content (AvgIpc) is 3.08. The van der Waals surface area contributed by atoms with Crippen LogP contribution < -0.4 is 10.2 Å². The number of aryl methyl sites for hydroxylation is 2. The number of nitrogens with one attached hydrogen (secondary N) is 1. The minimum Gasteiger partial charge on any atom is -0.353 e. The summed E-state index contributed by atoms with van der Waals surface area (Å²) in [4.78, 5) is 25.8. The monoisotopic (exact) mass is 425 g/mol. The highest BCUT2D eigenvalue weighted by atomic mass is 35.5. The molecule has 0 atom stereocenters. The summed E-state index contributed by atoms with van der Waals surface area (Å²) in [6.45, 7) is 7.37. The van der Waals surface area contributed by atoms with Crippen molar-refractivity contribution in [2.75, 3.05) is 42.9 Å². The molecule has 1 saturated heterocycles. The van der Waals surface area contributed by atoms with Gasteiger partial charge in [-0.3, -0.25) is 14.7 Å². The van der Waals surface area contributed by atoms with Crippen molar-refractivity contribution in [1.82, 2.24) is 24.6 Å². The third kappa shape index (κ3) is 4.60. The molecule has 0 spiro atoms. The van der Waals surface area contributed by atoms with E-state index in [0.29, 0.717) is 23.1 Å². The van der Waals surface area contributed by atoms with Crippen LogP contribution in [0.5, 0.6) is 0 Å². The van der Waals surface area contributed by atoms with Gasteiger partial charge in [-0.25, -0.2) is 9.67 Å². The fraction of sp³-hybridized carbons (Fsp3) is 0.333. The molecule has 1 amide bonds. The molecule has 4 rings (SSSR count).